The van der Waals surface area contributed by atoms with Crippen LogP contribution in [-0.4, -0.2) is 13.2 Å². The topological polar surface area (TPSA) is 35.2 Å². The van der Waals surface area contributed by atoms with Crippen LogP contribution in [-0.2, 0) is 4.74 Å². The number of unbranched alkanes of at least 4 members (excludes halogenated alkanes) is 1. The first kappa shape index (κ1) is 9.33. The molecule has 0 spiro atoms. The molecule has 0 aliphatic heterocycles. The van der Waals surface area contributed by atoms with Crippen LogP contribution in [0.3, 0.4) is 0 Å². The molecule has 2 heteroatoms. The van der Waals surface area contributed by atoms with Crippen molar-refractivity contribution in [2.75, 3.05) is 13.2 Å². The van der Waals surface area contributed by atoms with Gasteiger partial charge in [-0.3, -0.25) is 0 Å². The average Bonchev–Trinajstić information content (AvgIpc) is 2.14. The van der Waals surface area contributed by atoms with Crippen LogP contribution in [0.15, 0.2) is 24.0 Å². The van der Waals surface area contributed by atoms with Gasteiger partial charge in [-0.2, -0.15) is 0 Å². The third-order valence-corrected chi connectivity index (χ3v) is 1.86. The van der Waals surface area contributed by atoms with Crippen molar-refractivity contribution in [3.63, 3.8) is 0 Å². The predicted octanol–water partition coefficient (Wildman–Crippen LogP) is 1.98. The van der Waals surface area contributed by atoms with E-state index in [4.69, 9.17) is 10.5 Å². The first-order valence-electron chi connectivity index (χ1n) is 4.62. The van der Waals surface area contributed by atoms with E-state index in [1.807, 2.05) is 6.08 Å². The molecule has 0 saturated heterocycles. The lowest BCUT2D eigenvalue weighted by Crippen LogP contribution is -2.02. The van der Waals surface area contributed by atoms with Crippen LogP contribution in [0.4, 0.5) is 0 Å². The molecule has 1 aliphatic rings. The van der Waals surface area contributed by atoms with Gasteiger partial charge in [0.15, 0.2) is 0 Å². The average molecular weight is 167 g/mol. The summed E-state index contributed by atoms with van der Waals surface area (Å²) >= 11 is 0. The zero-order valence-corrected chi connectivity index (χ0v) is 7.46. The highest BCUT2D eigenvalue weighted by Crippen LogP contribution is 2.12. The fourth-order valence-corrected chi connectivity index (χ4v) is 1.15. The van der Waals surface area contributed by atoms with Crippen molar-refractivity contribution >= 4 is 0 Å². The highest BCUT2D eigenvalue weighted by Gasteiger charge is 1.99. The Hall–Kier alpha value is -0.760. The van der Waals surface area contributed by atoms with E-state index in [-0.39, 0.29) is 0 Å². The molecule has 0 aromatic rings. The fourth-order valence-electron chi connectivity index (χ4n) is 1.15. The molecule has 0 atom stereocenters. The van der Waals surface area contributed by atoms with Gasteiger partial charge in [0.2, 0.25) is 0 Å². The Kier molecular flexibility index (Phi) is 4.54. The van der Waals surface area contributed by atoms with E-state index in [0.29, 0.717) is 0 Å². The second-order valence-corrected chi connectivity index (χ2v) is 2.94. The van der Waals surface area contributed by atoms with Crippen LogP contribution >= 0.6 is 0 Å². The molecule has 68 valence electrons. The molecule has 0 unspecified atom stereocenters. The second kappa shape index (κ2) is 5.84. The van der Waals surface area contributed by atoms with Gasteiger partial charge in [0.25, 0.3) is 0 Å². The first-order valence-corrected chi connectivity index (χ1v) is 4.62. The summed E-state index contributed by atoms with van der Waals surface area (Å²) in [7, 11) is 0. The maximum absolute atomic E-state index is 5.54. The maximum atomic E-state index is 5.54. The summed E-state index contributed by atoms with van der Waals surface area (Å²) in [6.45, 7) is 1.58. The molecule has 12 heavy (non-hydrogen) atoms. The van der Waals surface area contributed by atoms with Gasteiger partial charge in [0.1, 0.15) is 0 Å². The second-order valence-electron chi connectivity index (χ2n) is 2.94. The van der Waals surface area contributed by atoms with Crippen LogP contribution in [0.5, 0.6) is 0 Å². The largest absolute Gasteiger partial charge is 0.498 e. The van der Waals surface area contributed by atoms with Crippen LogP contribution in [0.2, 0.25) is 0 Å². The first-order chi connectivity index (χ1) is 5.93. The van der Waals surface area contributed by atoms with Crippen LogP contribution in [0, 0.1) is 0 Å². The highest BCUT2D eigenvalue weighted by atomic mass is 16.5. The molecule has 2 nitrogen and oxygen atoms in total. The zero-order chi connectivity index (χ0) is 8.65. The maximum Gasteiger partial charge on any atom is 0.0962 e. The Morgan fingerprint density at radius 1 is 1.42 bits per heavy atom. The van der Waals surface area contributed by atoms with Crippen LogP contribution in [0.25, 0.3) is 0 Å². The van der Waals surface area contributed by atoms with Gasteiger partial charge < -0.3 is 10.5 Å². The van der Waals surface area contributed by atoms with Gasteiger partial charge >= 0.3 is 0 Å². The molecule has 0 aromatic carbocycles. The van der Waals surface area contributed by atoms with E-state index >= 15 is 0 Å². The third-order valence-electron chi connectivity index (χ3n) is 1.86. The minimum Gasteiger partial charge on any atom is -0.498 e. The summed E-state index contributed by atoms with van der Waals surface area (Å²) < 4.78 is 5.54. The predicted molar refractivity (Wildman–Crippen MR) is 50.7 cm³/mol. The Balaban J connectivity index is 2.06. The monoisotopic (exact) mass is 167 g/mol. The summed E-state index contributed by atoms with van der Waals surface area (Å²) in [4.78, 5) is 0. The summed E-state index contributed by atoms with van der Waals surface area (Å²) in [5, 5.41) is 0. The molecule has 0 aromatic heterocycles. The van der Waals surface area contributed by atoms with Gasteiger partial charge in [-0.15, -0.1) is 0 Å². The minimum absolute atomic E-state index is 0.766. The summed E-state index contributed by atoms with van der Waals surface area (Å²) in [6.07, 6.45) is 10.6. The van der Waals surface area contributed by atoms with Gasteiger partial charge in [0.05, 0.1) is 12.4 Å². The Morgan fingerprint density at radius 3 is 3.00 bits per heavy atom. The van der Waals surface area contributed by atoms with E-state index in [2.05, 4.69) is 12.2 Å². The lowest BCUT2D eigenvalue weighted by Gasteiger charge is -2.10. The molecule has 1 rings (SSSR count). The van der Waals surface area contributed by atoms with Crippen molar-refractivity contribution in [2.45, 2.75) is 25.7 Å². The lowest BCUT2D eigenvalue weighted by molar-refractivity contribution is 0.196. The highest BCUT2D eigenvalue weighted by molar-refractivity contribution is 5.12. The van der Waals surface area contributed by atoms with Gasteiger partial charge in [-0.25, -0.2) is 0 Å². The number of hydrogen-bond acceptors (Lipinski definition) is 2. The number of ether oxygens (including phenoxy) is 1. The van der Waals surface area contributed by atoms with E-state index in [1.165, 1.54) is 0 Å². The SMILES string of the molecule is NCCCCOC1=CC=CCC1. The number of rotatable bonds is 5. The molecule has 0 radical (unpaired) electrons. The third kappa shape index (κ3) is 3.58. The standard InChI is InChI=1S/C10H17NO/c11-8-4-5-9-12-10-6-2-1-3-7-10/h1-2,6H,3-5,7-9,11H2. The fraction of sp³-hybridized carbons (Fsp3) is 0.600. The van der Waals surface area contributed by atoms with Crippen molar-refractivity contribution in [2.24, 2.45) is 5.73 Å². The molecule has 2 N–H and O–H groups in total. The van der Waals surface area contributed by atoms with E-state index in [0.717, 1.165) is 44.6 Å². The lowest BCUT2D eigenvalue weighted by atomic mass is 10.2. The molecular weight excluding hydrogens is 150 g/mol. The van der Waals surface area contributed by atoms with Crippen molar-refractivity contribution in [1.82, 2.24) is 0 Å². The minimum atomic E-state index is 0.766. The Labute approximate surface area is 74.1 Å². The van der Waals surface area contributed by atoms with Gasteiger partial charge in [-0.1, -0.05) is 12.2 Å². The van der Waals surface area contributed by atoms with Crippen molar-refractivity contribution in [3.8, 4) is 0 Å². The zero-order valence-electron chi connectivity index (χ0n) is 7.46. The molecule has 0 fully saturated rings. The van der Waals surface area contributed by atoms with Crippen LogP contribution in [0.1, 0.15) is 25.7 Å². The van der Waals surface area contributed by atoms with Crippen molar-refractivity contribution in [3.05, 3.63) is 24.0 Å². The molecule has 0 bridgehead atoms. The summed E-state index contributed by atoms with van der Waals surface area (Å²) in [5.41, 5.74) is 5.37. The summed E-state index contributed by atoms with van der Waals surface area (Å²) in [6, 6.07) is 0. The number of nitrogens with two attached hydrogens (primary N) is 1. The normalized spacial score (nSPS) is 15.9. The molecule has 1 aliphatic carbocycles. The number of hydrogen-bond donors (Lipinski definition) is 1. The molecule has 0 saturated carbocycles. The van der Waals surface area contributed by atoms with Crippen molar-refractivity contribution < 1.29 is 4.74 Å². The van der Waals surface area contributed by atoms with E-state index < -0.39 is 0 Å². The molecular formula is C10H17NO. The van der Waals surface area contributed by atoms with Gasteiger partial charge in [0, 0.05) is 6.42 Å². The Bertz CT molecular complexity index is 173. The number of allylic oxidation sites excluding steroid dienone is 4. The molecule has 0 heterocycles. The van der Waals surface area contributed by atoms with Gasteiger partial charge in [-0.05, 0) is 31.9 Å². The summed E-state index contributed by atoms with van der Waals surface area (Å²) in [5.74, 6) is 1.12. The smallest absolute Gasteiger partial charge is 0.0962 e. The van der Waals surface area contributed by atoms with Crippen molar-refractivity contribution in [1.29, 1.82) is 0 Å². The van der Waals surface area contributed by atoms with Crippen LogP contribution < -0.4 is 5.73 Å². The Morgan fingerprint density at radius 2 is 2.33 bits per heavy atom. The quantitative estimate of drug-likeness (QED) is 0.635. The molecule has 0 amide bonds. The van der Waals surface area contributed by atoms with E-state index in [9.17, 15) is 0 Å². The van der Waals surface area contributed by atoms with E-state index in [1.54, 1.807) is 0 Å².